The minimum atomic E-state index is -1.53. The van der Waals surface area contributed by atoms with E-state index in [1.54, 1.807) is 6.07 Å². The third kappa shape index (κ3) is 4.75. The fourth-order valence-corrected chi connectivity index (χ4v) is 8.03. The van der Waals surface area contributed by atoms with Crippen molar-refractivity contribution in [2.24, 2.45) is 0 Å². The Morgan fingerprint density at radius 1 is 0.653 bits per heavy atom. The summed E-state index contributed by atoms with van der Waals surface area (Å²) in [5.41, 5.74) is 8.94. The Kier molecular flexibility index (Phi) is 6.57. The van der Waals surface area contributed by atoms with Crippen LogP contribution in [0.25, 0.3) is 83.2 Å². The van der Waals surface area contributed by atoms with Gasteiger partial charge in [-0.05, 0) is 64.7 Å². The number of hydrogen-bond acceptors (Lipinski definition) is 4. The van der Waals surface area contributed by atoms with Crippen molar-refractivity contribution in [3.63, 3.8) is 0 Å². The summed E-state index contributed by atoms with van der Waals surface area (Å²) in [6.07, 6.45) is 2.04. The van der Waals surface area contributed by atoms with E-state index in [0.717, 1.165) is 71.8 Å². The summed E-state index contributed by atoms with van der Waals surface area (Å²) in [5.74, 6) is 0.859. The molecule has 0 fully saturated rings. The second-order valence-corrected chi connectivity index (χ2v) is 18.7. The summed E-state index contributed by atoms with van der Waals surface area (Å²) in [5, 5.41) is 16.8. The molecule has 0 aliphatic rings. The Morgan fingerprint density at radius 2 is 1.39 bits per heavy atom. The van der Waals surface area contributed by atoms with Crippen molar-refractivity contribution in [3.05, 3.63) is 140 Å². The van der Waals surface area contributed by atoms with E-state index in [2.05, 4.69) is 121 Å². The van der Waals surface area contributed by atoms with Crippen molar-refractivity contribution in [1.29, 1.82) is 0 Å². The first kappa shape index (κ1) is 29.2. The molecule has 0 unspecified atom stereocenters. The highest BCUT2D eigenvalue weighted by molar-refractivity contribution is 6.88. The lowest BCUT2D eigenvalue weighted by Crippen LogP contribution is -2.37. The zero-order valence-corrected chi connectivity index (χ0v) is 28.5. The number of para-hydroxylation sites is 3. The molecule has 0 atom stereocenters. The van der Waals surface area contributed by atoms with Crippen LogP contribution in [0, 0.1) is 0 Å². The van der Waals surface area contributed by atoms with Crippen LogP contribution >= 0.6 is 0 Å². The first-order valence-corrected chi connectivity index (χ1v) is 20.1. The van der Waals surface area contributed by atoms with Gasteiger partial charge in [-0.3, -0.25) is 9.55 Å². The molecule has 3 heterocycles. The summed E-state index contributed by atoms with van der Waals surface area (Å²) >= 11 is 0. The van der Waals surface area contributed by atoms with E-state index < -0.39 is 8.07 Å². The average molecular weight is 652 g/mol. The molecule has 0 saturated heterocycles. The van der Waals surface area contributed by atoms with Gasteiger partial charge in [-0.15, -0.1) is 0 Å². The van der Waals surface area contributed by atoms with E-state index >= 15 is 0 Å². The third-order valence-electron chi connectivity index (χ3n) is 9.53. The number of pyridine rings is 1. The van der Waals surface area contributed by atoms with Crippen molar-refractivity contribution in [2.45, 2.75) is 19.6 Å². The molecule has 0 saturated carbocycles. The molecule has 0 amide bonds. The van der Waals surface area contributed by atoms with Crippen molar-refractivity contribution >= 4 is 57.0 Å². The maximum Gasteiger partial charge on any atom is 0.149 e. The van der Waals surface area contributed by atoms with Crippen molar-refractivity contribution in [3.8, 4) is 45.2 Å². The van der Waals surface area contributed by atoms with Gasteiger partial charge in [0.2, 0.25) is 0 Å². The number of rotatable bonds is 5. The fourth-order valence-electron chi connectivity index (χ4n) is 6.99. The third-order valence-corrected chi connectivity index (χ3v) is 11.6. The molecule has 3 aromatic heterocycles. The second kappa shape index (κ2) is 11.0. The average Bonchev–Trinajstić information content (AvgIpc) is 3.70. The van der Waals surface area contributed by atoms with Crippen LogP contribution in [0.2, 0.25) is 19.6 Å². The number of aromatic nitrogens is 3. The van der Waals surface area contributed by atoms with Crippen LogP contribution in [-0.4, -0.2) is 27.7 Å². The quantitative estimate of drug-likeness (QED) is 0.188. The molecule has 9 rings (SSSR count). The maximum absolute atomic E-state index is 11.1. The Morgan fingerprint density at radius 3 is 2.20 bits per heavy atom. The molecule has 0 bridgehead atoms. The van der Waals surface area contributed by atoms with Crippen LogP contribution in [-0.2, 0) is 0 Å². The highest BCUT2D eigenvalue weighted by Crippen LogP contribution is 2.42. The largest absolute Gasteiger partial charge is 0.507 e. The molecule has 1 N–H and O–H groups in total. The fraction of sp³-hybridized carbons (Fsp3) is 0.0698. The Labute approximate surface area is 284 Å². The molecule has 0 aliphatic heterocycles. The zero-order valence-electron chi connectivity index (χ0n) is 27.5. The second-order valence-electron chi connectivity index (χ2n) is 13.6. The van der Waals surface area contributed by atoms with Gasteiger partial charge in [0, 0.05) is 33.5 Å². The van der Waals surface area contributed by atoms with E-state index in [1.807, 2.05) is 36.5 Å². The topological polar surface area (TPSA) is 64.1 Å². The van der Waals surface area contributed by atoms with E-state index in [0.29, 0.717) is 11.4 Å². The van der Waals surface area contributed by atoms with E-state index in [4.69, 9.17) is 14.4 Å². The summed E-state index contributed by atoms with van der Waals surface area (Å²) in [6, 6.07) is 45.4. The predicted octanol–water partition coefficient (Wildman–Crippen LogP) is 10.7. The van der Waals surface area contributed by atoms with Gasteiger partial charge in [0.05, 0.1) is 36.1 Å². The van der Waals surface area contributed by atoms with Gasteiger partial charge in [0.15, 0.2) is 0 Å². The number of nitrogens with zero attached hydrogens (tertiary/aromatic N) is 3. The van der Waals surface area contributed by atoms with Crippen LogP contribution in [0.4, 0.5) is 0 Å². The number of benzene rings is 6. The van der Waals surface area contributed by atoms with Crippen LogP contribution in [0.15, 0.2) is 144 Å². The van der Waals surface area contributed by atoms with E-state index in [9.17, 15) is 5.11 Å². The molecule has 49 heavy (non-hydrogen) atoms. The van der Waals surface area contributed by atoms with Gasteiger partial charge in [-0.2, -0.15) is 0 Å². The van der Waals surface area contributed by atoms with Gasteiger partial charge in [0.25, 0.3) is 0 Å². The van der Waals surface area contributed by atoms with Gasteiger partial charge in [-0.25, -0.2) is 4.98 Å². The Bertz CT molecular complexity index is 2710. The molecule has 0 spiro atoms. The standard InChI is InChI=1S/C43H33N3O2Si/c1-49(2,3)29-22-23-36(44-26-29)35-25-28(24-34-32-15-7-9-21-40(32)48-42(34)35)31-17-11-19-38-41(31)45-43(33-16-6-8-20-39(33)47)46(38)37-18-10-13-27-12-4-5-14-30(27)37/h4-26,47H,1-3H3. The predicted molar refractivity (Wildman–Crippen MR) is 205 cm³/mol. The molecule has 5 nitrogen and oxygen atoms in total. The maximum atomic E-state index is 11.1. The summed E-state index contributed by atoms with van der Waals surface area (Å²) < 4.78 is 8.71. The minimum absolute atomic E-state index is 0.183. The van der Waals surface area contributed by atoms with Gasteiger partial charge in [-0.1, -0.05) is 105 Å². The lowest BCUT2D eigenvalue weighted by molar-refractivity contribution is 0.477. The van der Waals surface area contributed by atoms with Crippen LogP contribution in [0.1, 0.15) is 0 Å². The zero-order chi connectivity index (χ0) is 33.3. The lowest BCUT2D eigenvalue weighted by Gasteiger charge is -2.16. The van der Waals surface area contributed by atoms with Crippen LogP contribution in [0.3, 0.4) is 0 Å². The smallest absolute Gasteiger partial charge is 0.149 e. The van der Waals surface area contributed by atoms with Gasteiger partial charge >= 0.3 is 0 Å². The molecular weight excluding hydrogens is 619 g/mol. The first-order valence-electron chi connectivity index (χ1n) is 16.6. The summed E-state index contributed by atoms with van der Waals surface area (Å²) in [4.78, 5) is 10.3. The number of aromatic hydroxyl groups is 1. The van der Waals surface area contributed by atoms with Crippen LogP contribution in [0.5, 0.6) is 5.75 Å². The van der Waals surface area contributed by atoms with Gasteiger partial charge in [0.1, 0.15) is 22.7 Å². The normalized spacial score (nSPS) is 12.1. The minimum Gasteiger partial charge on any atom is -0.507 e. The van der Waals surface area contributed by atoms with E-state index in [-0.39, 0.29) is 5.75 Å². The number of phenolic OH excluding ortho intramolecular Hbond substituents is 1. The molecule has 236 valence electrons. The summed E-state index contributed by atoms with van der Waals surface area (Å²) in [7, 11) is -1.53. The van der Waals surface area contributed by atoms with E-state index in [1.165, 1.54) is 5.19 Å². The Balaban J connectivity index is 1.35. The number of hydrogen-bond donors (Lipinski definition) is 1. The number of imidazole rings is 1. The van der Waals surface area contributed by atoms with Gasteiger partial charge < -0.3 is 9.52 Å². The molecule has 0 aliphatic carbocycles. The van der Waals surface area contributed by atoms with Crippen molar-refractivity contribution in [1.82, 2.24) is 14.5 Å². The highest BCUT2D eigenvalue weighted by Gasteiger charge is 2.23. The van der Waals surface area contributed by atoms with Crippen molar-refractivity contribution in [2.75, 3.05) is 0 Å². The molecule has 6 aromatic carbocycles. The number of furan rings is 1. The molecular formula is C43H33N3O2Si. The van der Waals surface area contributed by atoms with Crippen LogP contribution < -0.4 is 5.19 Å². The SMILES string of the molecule is C[Si](C)(C)c1ccc(-c2cc(-c3cccc4c3nc(-c3ccccc3O)n4-c3cccc4ccccc34)cc3c2oc2ccccc23)nc1. The molecule has 0 radical (unpaired) electrons. The van der Waals surface area contributed by atoms with Crippen molar-refractivity contribution < 1.29 is 9.52 Å². The highest BCUT2D eigenvalue weighted by atomic mass is 28.3. The molecule has 9 aromatic rings. The monoisotopic (exact) mass is 651 g/mol. The Hall–Kier alpha value is -5.98. The molecule has 6 heteroatoms. The lowest BCUT2D eigenvalue weighted by atomic mass is 9.97. The number of fused-ring (bicyclic) bond motifs is 5. The summed E-state index contributed by atoms with van der Waals surface area (Å²) in [6.45, 7) is 7.01. The first-order chi connectivity index (χ1) is 23.8. The number of phenols is 1.